The fraction of sp³-hybridized carbons (Fsp3) is 0.111. The molecule has 0 saturated heterocycles. The molecule has 0 aliphatic heterocycles. The van der Waals surface area contributed by atoms with Gasteiger partial charge in [0, 0.05) is 16.1 Å². The lowest BCUT2D eigenvalue weighted by atomic mass is 10.2. The lowest BCUT2D eigenvalue weighted by molar-refractivity contribution is -0.150. The van der Waals surface area contributed by atoms with Gasteiger partial charge in [0.2, 0.25) is 0 Å². The number of halogens is 1. The number of hydrogen-bond donors (Lipinski definition) is 2. The van der Waals surface area contributed by atoms with Crippen molar-refractivity contribution in [3.8, 4) is 0 Å². The average Bonchev–Trinajstić information content (AvgIpc) is 2.18. The molecule has 0 fully saturated rings. The van der Waals surface area contributed by atoms with Crippen LogP contribution < -0.4 is 11.0 Å². The molecule has 0 unspecified atom stereocenters. The second-order valence-corrected chi connectivity index (χ2v) is 3.90. The van der Waals surface area contributed by atoms with Gasteiger partial charge in [-0.2, -0.15) is 0 Å². The largest absolute Gasteiger partial charge is 0.351 e. The van der Waals surface area contributed by atoms with Gasteiger partial charge in [-0.15, -0.1) is 0 Å². The highest BCUT2D eigenvalue weighted by Crippen LogP contribution is 2.06. The Morgan fingerprint density at radius 2 is 1.87 bits per heavy atom. The fourth-order valence-electron chi connectivity index (χ4n) is 0.817. The summed E-state index contributed by atoms with van der Waals surface area (Å²) in [5.41, 5.74) is 4.74. The lowest BCUT2D eigenvalue weighted by Crippen LogP contribution is -2.38. The first kappa shape index (κ1) is 11.9. The number of nitrogens with one attached hydrogen (secondary N) is 2. The van der Waals surface area contributed by atoms with Crippen molar-refractivity contribution in [2.45, 2.75) is 6.92 Å². The summed E-state index contributed by atoms with van der Waals surface area (Å²) in [6, 6.07) is 6.96. The van der Waals surface area contributed by atoms with Gasteiger partial charge >= 0.3 is 5.97 Å². The number of hydrazine groups is 1. The van der Waals surface area contributed by atoms with Crippen molar-refractivity contribution in [1.82, 2.24) is 11.0 Å². The molecule has 15 heavy (non-hydrogen) atoms. The van der Waals surface area contributed by atoms with Crippen molar-refractivity contribution in [1.29, 1.82) is 0 Å². The predicted octanol–water partition coefficient (Wildman–Crippen LogP) is 1.00. The number of benzene rings is 1. The minimum atomic E-state index is -0.530. The normalized spacial score (nSPS) is 9.47. The third-order valence-electron chi connectivity index (χ3n) is 1.47. The lowest BCUT2D eigenvalue weighted by Gasteiger charge is -2.05. The molecule has 5 nitrogen and oxygen atoms in total. The Labute approximate surface area is 100 Å². The van der Waals surface area contributed by atoms with Crippen LogP contribution in [0.1, 0.15) is 17.3 Å². The van der Waals surface area contributed by atoms with Crippen LogP contribution >= 0.6 is 22.6 Å². The van der Waals surface area contributed by atoms with E-state index in [9.17, 15) is 9.59 Å². The van der Waals surface area contributed by atoms with Crippen molar-refractivity contribution in [3.05, 3.63) is 33.4 Å². The molecule has 0 atom stereocenters. The first-order valence-corrected chi connectivity index (χ1v) is 5.16. The van der Waals surface area contributed by atoms with Crippen molar-refractivity contribution in [2.24, 2.45) is 0 Å². The minimum absolute atomic E-state index is 0.368. The maximum Gasteiger partial charge on any atom is 0.324 e. The summed E-state index contributed by atoms with van der Waals surface area (Å²) >= 11 is 2.14. The van der Waals surface area contributed by atoms with Gasteiger partial charge in [-0.1, -0.05) is 5.59 Å². The van der Waals surface area contributed by atoms with Gasteiger partial charge in [-0.05, 0) is 46.9 Å². The van der Waals surface area contributed by atoms with Crippen molar-refractivity contribution < 1.29 is 14.4 Å². The minimum Gasteiger partial charge on any atom is -0.351 e. The molecule has 0 spiro atoms. The van der Waals surface area contributed by atoms with Gasteiger partial charge in [-0.3, -0.25) is 15.0 Å². The van der Waals surface area contributed by atoms with Crippen LogP contribution in [0.25, 0.3) is 0 Å². The molecular formula is C9H9IN2O3. The maximum absolute atomic E-state index is 11.4. The summed E-state index contributed by atoms with van der Waals surface area (Å²) < 4.78 is 1.04. The molecule has 0 aliphatic rings. The van der Waals surface area contributed by atoms with E-state index in [0.717, 1.165) is 3.57 Å². The van der Waals surface area contributed by atoms with Gasteiger partial charge in [0.15, 0.2) is 0 Å². The number of rotatable bonds is 3. The smallest absolute Gasteiger partial charge is 0.324 e. The molecule has 0 bridgehead atoms. The summed E-state index contributed by atoms with van der Waals surface area (Å²) in [6.07, 6.45) is 0. The van der Waals surface area contributed by atoms with E-state index in [1.165, 1.54) is 6.92 Å². The summed E-state index contributed by atoms with van der Waals surface area (Å²) in [6.45, 7) is 1.23. The van der Waals surface area contributed by atoms with E-state index in [1.54, 1.807) is 24.3 Å². The summed E-state index contributed by atoms with van der Waals surface area (Å²) in [5, 5.41) is 0. The standard InChI is InChI=1S/C9H9IN2O3/c1-6(13)15-12-11-9(14)7-2-4-8(10)5-3-7/h2-5,12H,1H3,(H,11,14). The molecule has 2 N–H and O–H groups in total. The van der Waals surface area contributed by atoms with Crippen LogP contribution in [-0.2, 0) is 9.63 Å². The summed E-state index contributed by atoms with van der Waals surface area (Å²) in [4.78, 5) is 26.1. The highest BCUT2D eigenvalue weighted by atomic mass is 127. The van der Waals surface area contributed by atoms with Crippen LogP contribution in [0.5, 0.6) is 0 Å². The first-order chi connectivity index (χ1) is 7.09. The van der Waals surface area contributed by atoms with Gasteiger partial charge in [0.25, 0.3) is 5.91 Å². The Morgan fingerprint density at radius 3 is 2.40 bits per heavy atom. The van der Waals surface area contributed by atoms with E-state index < -0.39 is 5.97 Å². The number of hydrogen-bond acceptors (Lipinski definition) is 4. The molecule has 1 rings (SSSR count). The zero-order valence-electron chi connectivity index (χ0n) is 7.91. The zero-order valence-corrected chi connectivity index (χ0v) is 10.1. The molecule has 1 amide bonds. The Morgan fingerprint density at radius 1 is 1.27 bits per heavy atom. The first-order valence-electron chi connectivity index (χ1n) is 4.08. The molecule has 0 aliphatic carbocycles. The van der Waals surface area contributed by atoms with Crippen LogP contribution in [0.3, 0.4) is 0 Å². The Hall–Kier alpha value is -1.15. The van der Waals surface area contributed by atoms with E-state index in [-0.39, 0.29) is 5.91 Å². The van der Waals surface area contributed by atoms with Gasteiger partial charge in [0.1, 0.15) is 0 Å². The molecule has 0 aromatic heterocycles. The Kier molecular flexibility index (Phi) is 4.50. The van der Waals surface area contributed by atoms with Crippen molar-refractivity contribution in [2.75, 3.05) is 0 Å². The molecule has 6 heteroatoms. The molecule has 0 saturated carbocycles. The number of carbonyl (C=O) groups is 2. The van der Waals surface area contributed by atoms with Gasteiger partial charge in [-0.25, -0.2) is 0 Å². The van der Waals surface area contributed by atoms with Crippen LogP contribution in [0, 0.1) is 3.57 Å². The van der Waals surface area contributed by atoms with E-state index >= 15 is 0 Å². The molecular weight excluding hydrogens is 311 g/mol. The highest BCUT2D eigenvalue weighted by Gasteiger charge is 2.04. The van der Waals surface area contributed by atoms with Crippen molar-refractivity contribution >= 4 is 34.5 Å². The van der Waals surface area contributed by atoms with Crippen molar-refractivity contribution in [3.63, 3.8) is 0 Å². The Balaban J connectivity index is 2.47. The van der Waals surface area contributed by atoms with Gasteiger partial charge < -0.3 is 4.84 Å². The van der Waals surface area contributed by atoms with Gasteiger partial charge in [0.05, 0.1) is 0 Å². The van der Waals surface area contributed by atoms with Crippen LogP contribution in [0.4, 0.5) is 0 Å². The van der Waals surface area contributed by atoms with Crippen LogP contribution in [0.2, 0.25) is 0 Å². The van der Waals surface area contributed by atoms with E-state index in [1.807, 2.05) is 5.59 Å². The third-order valence-corrected chi connectivity index (χ3v) is 2.18. The van der Waals surface area contributed by atoms with E-state index in [2.05, 4.69) is 32.9 Å². The van der Waals surface area contributed by atoms with E-state index in [0.29, 0.717) is 5.56 Å². The Bertz CT molecular complexity index is 364. The second-order valence-electron chi connectivity index (χ2n) is 2.66. The third kappa shape index (κ3) is 4.26. The quantitative estimate of drug-likeness (QED) is 0.644. The molecule has 80 valence electrons. The highest BCUT2D eigenvalue weighted by molar-refractivity contribution is 14.1. The number of carbonyl (C=O) groups excluding carboxylic acids is 2. The fourth-order valence-corrected chi connectivity index (χ4v) is 1.18. The average molecular weight is 320 g/mol. The van der Waals surface area contributed by atoms with Crippen LogP contribution in [0.15, 0.2) is 24.3 Å². The van der Waals surface area contributed by atoms with E-state index in [4.69, 9.17) is 0 Å². The maximum atomic E-state index is 11.4. The summed E-state index contributed by atoms with van der Waals surface area (Å²) in [7, 11) is 0. The molecule has 0 radical (unpaired) electrons. The topological polar surface area (TPSA) is 67.4 Å². The zero-order chi connectivity index (χ0) is 11.3. The molecule has 0 heterocycles. The SMILES string of the molecule is CC(=O)ONNC(=O)c1ccc(I)cc1. The molecule has 1 aromatic rings. The summed E-state index contributed by atoms with van der Waals surface area (Å²) in [5.74, 6) is -0.898. The van der Waals surface area contributed by atoms with Crippen LogP contribution in [-0.4, -0.2) is 11.9 Å². The molecule has 1 aromatic carbocycles. The monoisotopic (exact) mass is 320 g/mol. The second kappa shape index (κ2) is 5.66. The predicted molar refractivity (Wildman–Crippen MR) is 61.5 cm³/mol. The number of amides is 1.